The molecule has 3 aromatic heterocycles. The van der Waals surface area contributed by atoms with Crippen LogP contribution in [0.25, 0.3) is 106 Å². The van der Waals surface area contributed by atoms with E-state index in [1.54, 1.807) is 12.1 Å². The van der Waals surface area contributed by atoms with Crippen LogP contribution in [0.3, 0.4) is 0 Å². The van der Waals surface area contributed by atoms with Crippen molar-refractivity contribution in [3.8, 4) is 62.1 Å². The second kappa shape index (κ2) is 14.7. The van der Waals surface area contributed by atoms with Crippen molar-refractivity contribution >= 4 is 124 Å². The third kappa shape index (κ3) is 6.14. The molecule has 0 bridgehead atoms. The Hall–Kier alpha value is -7.24. The summed E-state index contributed by atoms with van der Waals surface area (Å²) in [5, 5.41) is 2.90. The lowest BCUT2D eigenvalue weighted by Crippen LogP contribution is -2.33. The Morgan fingerprint density at radius 2 is 0.839 bits per heavy atom. The molecule has 0 fully saturated rings. The van der Waals surface area contributed by atoms with Crippen molar-refractivity contribution in [2.24, 2.45) is 0 Å². The summed E-state index contributed by atoms with van der Waals surface area (Å²) in [6.07, 6.45) is 0. The predicted octanol–water partition coefficient (Wildman–Crippen LogP) is 5.97. The highest BCUT2D eigenvalue weighted by molar-refractivity contribution is 6.62. The van der Waals surface area contributed by atoms with Crippen LogP contribution in [0.15, 0.2) is 162 Å². The lowest BCUT2D eigenvalue weighted by Gasteiger charge is -2.15. The molecule has 0 saturated heterocycles. The van der Waals surface area contributed by atoms with E-state index in [0.717, 1.165) is 55.4 Å². The minimum Gasteiger partial charge on any atom is -0.455 e. The van der Waals surface area contributed by atoms with Crippen molar-refractivity contribution < 1.29 is 4.42 Å². The number of aromatic nitrogens is 4. The van der Waals surface area contributed by atoms with Crippen molar-refractivity contribution in [2.75, 3.05) is 0 Å². The first-order chi connectivity index (χ1) is 30.2. The van der Waals surface area contributed by atoms with Crippen molar-refractivity contribution in [1.82, 2.24) is 19.5 Å². The molecule has 0 spiro atoms. The average Bonchev–Trinajstić information content (AvgIpc) is 3.88. The van der Waals surface area contributed by atoms with Crippen molar-refractivity contribution in [3.63, 3.8) is 0 Å². The van der Waals surface area contributed by atoms with Crippen LogP contribution in [-0.4, -0.2) is 66.6 Å². The Balaban J connectivity index is 1.13. The number of furan rings is 1. The van der Waals surface area contributed by atoms with Gasteiger partial charge in [-0.25, -0.2) is 15.0 Å². The van der Waals surface area contributed by atoms with Gasteiger partial charge in [0.05, 0.1) is 0 Å². The lowest BCUT2D eigenvalue weighted by molar-refractivity contribution is 0.670. The summed E-state index contributed by atoms with van der Waals surface area (Å²) in [6, 6.07) is 52.0. The number of hydrogen-bond acceptors (Lipinski definition) is 4. The van der Waals surface area contributed by atoms with Gasteiger partial charge in [-0.15, -0.1) is 10.9 Å². The number of hydrogen-bond donors (Lipinski definition) is 0. The Morgan fingerprint density at radius 3 is 1.40 bits per heavy atom. The SMILES string of the molecule is [B]c1cc([B])c2c(c1[B])c1c([B])c([B])cc([B])c1n2-c1cc(-c2ccccc2)c2oc3cc(-c4nc(-c5ccccc5)nc(-c5ccc(-c6ccccc6)cc5)n4)ccc3c2c1. The summed E-state index contributed by atoms with van der Waals surface area (Å²) in [6.45, 7) is 0. The smallest absolute Gasteiger partial charge is 0.164 e. The molecule has 0 atom stereocenters. The van der Waals surface area contributed by atoms with E-state index >= 15 is 0 Å². The highest BCUT2D eigenvalue weighted by Gasteiger charge is 2.23. The Labute approximate surface area is 365 Å². The van der Waals surface area contributed by atoms with E-state index < -0.39 is 0 Å². The molecule has 0 saturated carbocycles. The molecule has 0 amide bonds. The van der Waals surface area contributed by atoms with Crippen LogP contribution in [0.2, 0.25) is 0 Å². The number of rotatable bonds is 6. The molecular formula is C51H26B6N4O. The molecule has 0 aliphatic rings. The van der Waals surface area contributed by atoms with Crippen LogP contribution in [0.5, 0.6) is 0 Å². The third-order valence-electron chi connectivity index (χ3n) is 11.6. The predicted molar refractivity (Wildman–Crippen MR) is 261 cm³/mol. The van der Waals surface area contributed by atoms with Gasteiger partial charge in [0.2, 0.25) is 0 Å². The van der Waals surface area contributed by atoms with Crippen LogP contribution in [0, 0.1) is 0 Å². The topological polar surface area (TPSA) is 56.7 Å². The fraction of sp³-hybridized carbons (Fsp3) is 0. The van der Waals surface area contributed by atoms with E-state index in [-0.39, 0.29) is 0 Å². The van der Waals surface area contributed by atoms with Gasteiger partial charge in [-0.1, -0.05) is 155 Å². The first-order valence-corrected chi connectivity index (χ1v) is 20.0. The number of nitrogens with zero attached hydrogens (tertiary/aromatic N) is 4. The van der Waals surface area contributed by atoms with Gasteiger partial charge in [-0.2, -0.15) is 0 Å². The second-order valence-electron chi connectivity index (χ2n) is 15.4. The lowest BCUT2D eigenvalue weighted by atomic mass is 9.71. The summed E-state index contributed by atoms with van der Waals surface area (Å²) < 4.78 is 8.84. The van der Waals surface area contributed by atoms with Gasteiger partial charge in [-0.05, 0) is 51.7 Å². The van der Waals surface area contributed by atoms with Gasteiger partial charge in [0, 0.05) is 49.7 Å². The normalized spacial score (nSPS) is 11.6. The van der Waals surface area contributed by atoms with Gasteiger partial charge < -0.3 is 8.98 Å². The summed E-state index contributed by atoms with van der Waals surface area (Å²) in [4.78, 5) is 15.0. The molecule has 274 valence electrons. The van der Waals surface area contributed by atoms with E-state index in [4.69, 9.17) is 66.4 Å². The molecule has 0 N–H and O–H groups in total. The van der Waals surface area contributed by atoms with E-state index in [2.05, 4.69) is 36.4 Å². The highest BCUT2D eigenvalue weighted by atomic mass is 16.3. The largest absolute Gasteiger partial charge is 0.455 e. The zero-order valence-corrected chi connectivity index (χ0v) is 33.2. The molecule has 11 heteroatoms. The summed E-state index contributed by atoms with van der Waals surface area (Å²) in [5.41, 5.74) is 12.0. The van der Waals surface area contributed by atoms with Gasteiger partial charge in [0.15, 0.2) is 17.5 Å². The highest BCUT2D eigenvalue weighted by Crippen LogP contribution is 2.41. The van der Waals surface area contributed by atoms with Crippen LogP contribution in [0.4, 0.5) is 0 Å². The number of fused-ring (bicyclic) bond motifs is 6. The standard InChI is InChI=1S/C51H26B6N4O/c52-37-25-39(54)46-42(44(37)56)43-45(57)38(53)26-40(55)47(43)61(46)33-23-35(29-12-6-2-7-13-29)48-36(24-33)34-21-20-32(22-41(34)62-48)51-59-49(30-14-8-3-9-15-30)58-50(60-51)31-18-16-28(17-19-31)27-10-4-1-5-11-27/h1-26H. The summed E-state index contributed by atoms with van der Waals surface area (Å²) >= 11 is 0. The Kier molecular flexibility index (Phi) is 8.97. The molecule has 11 rings (SSSR count). The Morgan fingerprint density at radius 1 is 0.387 bits per heavy atom. The quantitative estimate of drug-likeness (QED) is 0.196. The van der Waals surface area contributed by atoms with Crippen molar-refractivity contribution in [3.05, 3.63) is 158 Å². The molecule has 0 aliphatic carbocycles. The zero-order chi connectivity index (χ0) is 42.2. The van der Waals surface area contributed by atoms with E-state index in [1.165, 1.54) is 0 Å². The van der Waals surface area contributed by atoms with Gasteiger partial charge >= 0.3 is 0 Å². The summed E-state index contributed by atoms with van der Waals surface area (Å²) in [7, 11) is 39.8. The van der Waals surface area contributed by atoms with Crippen molar-refractivity contribution in [1.29, 1.82) is 0 Å². The molecule has 5 nitrogen and oxygen atoms in total. The van der Waals surface area contributed by atoms with Gasteiger partial charge in [0.25, 0.3) is 0 Å². The third-order valence-corrected chi connectivity index (χ3v) is 11.6. The van der Waals surface area contributed by atoms with E-state index in [9.17, 15) is 0 Å². The molecule has 11 aromatic rings. The van der Waals surface area contributed by atoms with Gasteiger partial charge in [0.1, 0.15) is 58.2 Å². The first kappa shape index (κ1) is 37.7. The van der Waals surface area contributed by atoms with Crippen molar-refractivity contribution in [2.45, 2.75) is 0 Å². The average molecular weight is 776 g/mol. The minimum atomic E-state index is 0.327. The maximum atomic E-state index is 6.85. The maximum absolute atomic E-state index is 6.85. The molecule has 0 aliphatic heterocycles. The molecule has 0 unspecified atom stereocenters. The molecule has 3 heterocycles. The van der Waals surface area contributed by atoms with Crippen LogP contribution in [0.1, 0.15) is 0 Å². The monoisotopic (exact) mass is 776 g/mol. The van der Waals surface area contributed by atoms with E-state index in [1.807, 2.05) is 114 Å². The minimum absolute atomic E-state index is 0.327. The maximum Gasteiger partial charge on any atom is 0.164 e. The van der Waals surface area contributed by atoms with Crippen LogP contribution >= 0.6 is 0 Å². The molecule has 62 heavy (non-hydrogen) atoms. The Bertz CT molecular complexity index is 3500. The molecular weight excluding hydrogens is 749 g/mol. The number of benzene rings is 8. The fourth-order valence-corrected chi connectivity index (χ4v) is 8.57. The molecule has 8 aromatic carbocycles. The summed E-state index contributed by atoms with van der Waals surface area (Å²) in [5.74, 6) is 1.63. The zero-order valence-electron chi connectivity index (χ0n) is 33.2. The second-order valence-corrected chi connectivity index (χ2v) is 15.4. The fourth-order valence-electron chi connectivity index (χ4n) is 8.57. The van der Waals surface area contributed by atoms with Gasteiger partial charge in [-0.3, -0.25) is 0 Å². The first-order valence-electron chi connectivity index (χ1n) is 20.0. The molecule has 12 radical (unpaired) electrons. The van der Waals surface area contributed by atoms with Crippen LogP contribution in [-0.2, 0) is 0 Å². The van der Waals surface area contributed by atoms with E-state index in [0.29, 0.717) is 83.2 Å². The van der Waals surface area contributed by atoms with Crippen LogP contribution < -0.4 is 32.8 Å².